The number of fused-ring (bicyclic) bond motifs is 8. The summed E-state index contributed by atoms with van der Waals surface area (Å²) in [5.41, 5.74) is 9.17. The molecule has 0 aliphatic carbocycles. The SMILES string of the molecule is C=C/C=C1/c2c(ccc3c2oc2nc(C)ccc23)C(C2c3cc(CC)ccc3-c3cccc[n+]3C2CC=C)[N+]1(C)F. The number of aryl methyl sites for hydroxylation is 2. The zero-order valence-electron chi connectivity index (χ0n) is 23.8. The third kappa shape index (κ3) is 3.62. The highest BCUT2D eigenvalue weighted by Crippen LogP contribution is 2.60. The molecule has 0 amide bonds. The van der Waals surface area contributed by atoms with Gasteiger partial charge in [0.05, 0.1) is 11.1 Å². The van der Waals surface area contributed by atoms with E-state index in [-0.39, 0.29) is 12.0 Å². The fourth-order valence-corrected chi connectivity index (χ4v) is 7.31. The Morgan fingerprint density at radius 2 is 1.88 bits per heavy atom. The van der Waals surface area contributed by atoms with Crippen LogP contribution in [-0.2, 0) is 6.42 Å². The second-order valence-corrected chi connectivity index (χ2v) is 11.4. The van der Waals surface area contributed by atoms with Crippen LogP contribution in [0.4, 0.5) is 4.48 Å². The van der Waals surface area contributed by atoms with Crippen molar-refractivity contribution in [2.45, 2.75) is 44.7 Å². The molecule has 2 aromatic carbocycles. The van der Waals surface area contributed by atoms with E-state index in [2.05, 4.69) is 84.4 Å². The molecule has 2 aliphatic heterocycles. The van der Waals surface area contributed by atoms with Crippen LogP contribution in [0.25, 0.3) is 39.0 Å². The summed E-state index contributed by atoms with van der Waals surface area (Å²) in [5.74, 6) is -0.166. The Bertz CT molecular complexity index is 1910. The molecular formula is C36H34FN3O+2. The molecule has 0 saturated heterocycles. The van der Waals surface area contributed by atoms with Crippen molar-refractivity contribution >= 4 is 27.8 Å². The fraction of sp³-hybridized carbons (Fsp3) is 0.222. The van der Waals surface area contributed by atoms with Crippen LogP contribution in [-0.4, -0.2) is 16.7 Å². The van der Waals surface area contributed by atoms with Crippen LogP contribution >= 0.6 is 0 Å². The van der Waals surface area contributed by atoms with Gasteiger partial charge in [-0.25, -0.2) is 4.98 Å². The first-order chi connectivity index (χ1) is 19.9. The lowest BCUT2D eigenvalue weighted by Gasteiger charge is -2.37. The number of hydrogen-bond acceptors (Lipinski definition) is 2. The molecule has 4 atom stereocenters. The number of benzene rings is 2. The van der Waals surface area contributed by atoms with E-state index in [4.69, 9.17) is 4.42 Å². The summed E-state index contributed by atoms with van der Waals surface area (Å²) in [5, 5.41) is 1.88. The highest BCUT2D eigenvalue weighted by Gasteiger charge is 2.59. The minimum absolute atomic E-state index is 0.0203. The highest BCUT2D eigenvalue weighted by molar-refractivity contribution is 6.07. The molecule has 5 heteroatoms. The first-order valence-electron chi connectivity index (χ1n) is 14.4. The van der Waals surface area contributed by atoms with E-state index in [1.807, 2.05) is 25.1 Å². The Hall–Kier alpha value is -4.35. The van der Waals surface area contributed by atoms with Gasteiger partial charge in [-0.05, 0) is 54.8 Å². The van der Waals surface area contributed by atoms with Crippen LogP contribution in [0.3, 0.4) is 0 Å². The maximum Gasteiger partial charge on any atom is 0.227 e. The van der Waals surface area contributed by atoms with Crippen LogP contribution < -0.4 is 4.57 Å². The van der Waals surface area contributed by atoms with Crippen molar-refractivity contribution in [3.8, 4) is 11.3 Å². The zero-order chi connectivity index (χ0) is 28.5. The summed E-state index contributed by atoms with van der Waals surface area (Å²) < 4.78 is 25.7. The number of allylic oxidation sites excluding steroid dienone is 3. The Labute approximate surface area is 239 Å². The highest BCUT2D eigenvalue weighted by atomic mass is 19.2. The molecule has 41 heavy (non-hydrogen) atoms. The molecule has 0 fully saturated rings. The molecule has 4 unspecified atom stereocenters. The fourth-order valence-electron chi connectivity index (χ4n) is 7.31. The molecule has 0 bridgehead atoms. The Morgan fingerprint density at radius 1 is 1.05 bits per heavy atom. The number of rotatable bonds is 5. The molecule has 0 N–H and O–H groups in total. The summed E-state index contributed by atoms with van der Waals surface area (Å²) >= 11 is 0. The number of furan rings is 1. The summed E-state index contributed by atoms with van der Waals surface area (Å²) in [6, 6.07) is 20.7. The number of hydrogen-bond donors (Lipinski definition) is 0. The number of nitrogens with zero attached hydrogens (tertiary/aromatic N) is 3. The van der Waals surface area contributed by atoms with Crippen molar-refractivity contribution in [2.24, 2.45) is 0 Å². The number of pyridine rings is 2. The van der Waals surface area contributed by atoms with Gasteiger partial charge in [-0.2, -0.15) is 4.57 Å². The van der Waals surface area contributed by atoms with E-state index in [0.717, 1.165) is 45.3 Å². The van der Waals surface area contributed by atoms with Gasteiger partial charge >= 0.3 is 0 Å². The normalized spacial score (nSPS) is 23.9. The van der Waals surface area contributed by atoms with Crippen LogP contribution in [0.5, 0.6) is 0 Å². The number of quaternary nitrogens is 1. The molecular weight excluding hydrogens is 509 g/mol. The van der Waals surface area contributed by atoms with Gasteiger partial charge in [0.15, 0.2) is 29.6 Å². The molecule has 3 aromatic heterocycles. The first-order valence-corrected chi connectivity index (χ1v) is 14.4. The number of likely N-dealkylation sites (N-methyl/N-ethyl adjacent to an activating group) is 1. The predicted octanol–water partition coefficient (Wildman–Crippen LogP) is 8.63. The maximum absolute atomic E-state index is 17.7. The largest absolute Gasteiger partial charge is 0.437 e. The van der Waals surface area contributed by atoms with Crippen LogP contribution in [0.2, 0.25) is 0 Å². The first kappa shape index (κ1) is 25.6. The monoisotopic (exact) mass is 543 g/mol. The molecule has 5 aromatic rings. The second kappa shape index (κ2) is 9.35. The summed E-state index contributed by atoms with van der Waals surface area (Å²) in [7, 11) is 1.68. The van der Waals surface area contributed by atoms with Gasteiger partial charge in [0.1, 0.15) is 13.0 Å². The van der Waals surface area contributed by atoms with Crippen molar-refractivity contribution in [3.63, 3.8) is 0 Å². The molecule has 5 heterocycles. The second-order valence-electron chi connectivity index (χ2n) is 11.4. The standard InChI is InChI=1S/C36H34FN3O/c1-6-11-30-32(28-21-23(8-3)15-17-24(28)29-13-9-10-20-39(29)30)34-27-19-18-25-26-16-14-22(4)38-36(26)41-35(25)33(27)31(12-7-2)40(34,5)37/h6-7,9-10,12-21,30,32,34H,1-2,8,11H2,3-5H3/q+2/b31-12-. The molecule has 4 nitrogen and oxygen atoms in total. The van der Waals surface area contributed by atoms with E-state index in [0.29, 0.717) is 23.4 Å². The van der Waals surface area contributed by atoms with Gasteiger partial charge in [0.25, 0.3) is 0 Å². The molecule has 0 saturated carbocycles. The van der Waals surface area contributed by atoms with Gasteiger partial charge in [0.2, 0.25) is 11.4 Å². The molecule has 0 radical (unpaired) electrons. The topological polar surface area (TPSA) is 29.9 Å². The zero-order valence-corrected chi connectivity index (χ0v) is 23.8. The van der Waals surface area contributed by atoms with E-state index >= 15 is 4.48 Å². The minimum Gasteiger partial charge on any atom is -0.437 e. The van der Waals surface area contributed by atoms with E-state index < -0.39 is 10.7 Å². The van der Waals surface area contributed by atoms with Crippen LogP contribution in [0.15, 0.2) is 103 Å². The third-order valence-electron chi connectivity index (χ3n) is 9.09. The van der Waals surface area contributed by atoms with Crippen molar-refractivity contribution in [1.82, 2.24) is 4.98 Å². The third-order valence-corrected chi connectivity index (χ3v) is 9.09. The minimum atomic E-state index is -0.805. The van der Waals surface area contributed by atoms with Gasteiger partial charge < -0.3 is 4.42 Å². The Morgan fingerprint density at radius 3 is 2.66 bits per heavy atom. The van der Waals surface area contributed by atoms with Gasteiger partial charge in [-0.3, -0.25) is 0 Å². The lowest BCUT2D eigenvalue weighted by molar-refractivity contribution is -1.01. The number of aromatic nitrogens is 2. The van der Waals surface area contributed by atoms with E-state index in [9.17, 15) is 0 Å². The maximum atomic E-state index is 17.7. The molecule has 2 aliphatic rings. The van der Waals surface area contributed by atoms with Gasteiger partial charge in [-0.1, -0.05) is 48.6 Å². The van der Waals surface area contributed by atoms with Crippen molar-refractivity contribution in [2.75, 3.05) is 7.05 Å². The molecule has 7 rings (SSSR count). The predicted molar refractivity (Wildman–Crippen MR) is 163 cm³/mol. The lowest BCUT2D eigenvalue weighted by Crippen LogP contribution is -2.51. The van der Waals surface area contributed by atoms with Gasteiger partial charge in [-0.15, -0.1) is 6.58 Å². The quantitative estimate of drug-likeness (QED) is 0.126. The van der Waals surface area contributed by atoms with E-state index in [1.54, 1.807) is 19.2 Å². The smallest absolute Gasteiger partial charge is 0.227 e. The molecule has 0 spiro atoms. The van der Waals surface area contributed by atoms with Crippen molar-refractivity contribution in [3.05, 3.63) is 126 Å². The lowest BCUT2D eigenvalue weighted by atomic mass is 9.74. The summed E-state index contributed by atoms with van der Waals surface area (Å²) in [6.07, 6.45) is 9.20. The average Bonchev–Trinajstić information content (AvgIpc) is 3.44. The summed E-state index contributed by atoms with van der Waals surface area (Å²) in [6.45, 7) is 12.2. The summed E-state index contributed by atoms with van der Waals surface area (Å²) in [4.78, 5) is 4.65. The van der Waals surface area contributed by atoms with Gasteiger partial charge in [0, 0.05) is 51.1 Å². The van der Waals surface area contributed by atoms with Crippen LogP contribution in [0.1, 0.15) is 59.3 Å². The Kier molecular flexibility index (Phi) is 5.84. The van der Waals surface area contributed by atoms with Crippen LogP contribution in [0, 0.1) is 6.92 Å². The van der Waals surface area contributed by atoms with Crippen molar-refractivity contribution < 1.29 is 18.2 Å². The molecule has 204 valence electrons. The van der Waals surface area contributed by atoms with Crippen molar-refractivity contribution in [1.29, 1.82) is 0 Å². The average molecular weight is 544 g/mol. The van der Waals surface area contributed by atoms with E-state index in [1.165, 1.54) is 11.1 Å². The Balaban J connectivity index is 1.56. The number of halogens is 1.